The molecule has 1 aromatic heterocycles. The van der Waals surface area contributed by atoms with Gasteiger partial charge in [0.1, 0.15) is 5.01 Å². The minimum absolute atomic E-state index is 0.440. The van der Waals surface area contributed by atoms with E-state index < -0.39 is 0 Å². The third kappa shape index (κ3) is 2.66. The number of benzene rings is 1. The Kier molecular flexibility index (Phi) is 3.58. The van der Waals surface area contributed by atoms with Crippen molar-refractivity contribution in [1.29, 1.82) is 5.26 Å². The summed E-state index contributed by atoms with van der Waals surface area (Å²) in [5.74, 6) is 0.528. The predicted octanol–water partition coefficient (Wildman–Crippen LogP) is 2.86. The Morgan fingerprint density at radius 2 is 2.17 bits per heavy atom. The highest BCUT2D eigenvalue weighted by molar-refractivity contribution is 7.18. The average Bonchev–Trinajstić information content (AvgIpc) is 2.75. The van der Waals surface area contributed by atoms with E-state index >= 15 is 0 Å². The van der Waals surface area contributed by atoms with Gasteiger partial charge in [-0.1, -0.05) is 37.3 Å². The molecule has 0 aliphatic carbocycles. The summed E-state index contributed by atoms with van der Waals surface area (Å²) < 4.78 is 0. The monoisotopic (exact) mass is 258 g/mol. The van der Waals surface area contributed by atoms with Crippen LogP contribution in [-0.2, 0) is 6.42 Å². The molecule has 0 aliphatic heterocycles. The van der Waals surface area contributed by atoms with Gasteiger partial charge < -0.3 is 5.73 Å². The molecule has 0 fully saturated rings. The van der Waals surface area contributed by atoms with E-state index in [1.54, 1.807) is 0 Å². The standard InChI is InChI=1S/C13H14N4S/c1-8(2)5-9-3-4-10(6-11(9)7-14)12-16-17-13(15)18-12/h3-4,6,8H,5H2,1-2H3,(H2,15,17). The summed E-state index contributed by atoms with van der Waals surface area (Å²) in [5, 5.41) is 18.2. The minimum atomic E-state index is 0.440. The van der Waals surface area contributed by atoms with Crippen LogP contribution >= 0.6 is 11.3 Å². The van der Waals surface area contributed by atoms with E-state index in [0.29, 0.717) is 16.6 Å². The van der Waals surface area contributed by atoms with Gasteiger partial charge in [-0.15, -0.1) is 10.2 Å². The fraction of sp³-hybridized carbons (Fsp3) is 0.308. The van der Waals surface area contributed by atoms with Gasteiger partial charge in [-0.05, 0) is 24.0 Å². The molecule has 18 heavy (non-hydrogen) atoms. The normalized spacial score (nSPS) is 10.6. The maximum atomic E-state index is 9.20. The van der Waals surface area contributed by atoms with Gasteiger partial charge in [0.15, 0.2) is 0 Å². The Hall–Kier alpha value is -1.93. The summed E-state index contributed by atoms with van der Waals surface area (Å²) in [5.41, 5.74) is 8.24. The van der Waals surface area contributed by atoms with Gasteiger partial charge in [0.2, 0.25) is 5.13 Å². The Labute approximate surface area is 110 Å². The first-order valence-corrected chi connectivity index (χ1v) is 6.54. The molecule has 1 aromatic carbocycles. The van der Waals surface area contributed by atoms with Crippen LogP contribution in [0.3, 0.4) is 0 Å². The average molecular weight is 258 g/mol. The van der Waals surface area contributed by atoms with Gasteiger partial charge in [-0.2, -0.15) is 5.26 Å². The fourth-order valence-corrected chi connectivity index (χ4v) is 2.39. The van der Waals surface area contributed by atoms with E-state index in [1.165, 1.54) is 11.3 Å². The quantitative estimate of drug-likeness (QED) is 0.918. The second kappa shape index (κ2) is 5.15. The summed E-state index contributed by atoms with van der Waals surface area (Å²) >= 11 is 1.33. The molecule has 1 heterocycles. The first kappa shape index (κ1) is 12.5. The van der Waals surface area contributed by atoms with Crippen LogP contribution < -0.4 is 5.73 Å². The largest absolute Gasteiger partial charge is 0.374 e. The zero-order valence-electron chi connectivity index (χ0n) is 10.3. The number of nitrogens with zero attached hydrogens (tertiary/aromatic N) is 3. The smallest absolute Gasteiger partial charge is 0.203 e. The molecule has 2 N–H and O–H groups in total. The zero-order valence-corrected chi connectivity index (χ0v) is 11.2. The van der Waals surface area contributed by atoms with Crippen molar-refractivity contribution in [3.05, 3.63) is 29.3 Å². The number of nitrogen functional groups attached to an aromatic ring is 1. The van der Waals surface area contributed by atoms with Gasteiger partial charge in [-0.3, -0.25) is 0 Å². The Morgan fingerprint density at radius 1 is 1.39 bits per heavy atom. The van der Waals surface area contributed by atoms with Crippen LogP contribution in [0.4, 0.5) is 5.13 Å². The summed E-state index contributed by atoms with van der Waals surface area (Å²) in [7, 11) is 0. The Morgan fingerprint density at radius 3 is 2.72 bits per heavy atom. The summed E-state index contributed by atoms with van der Waals surface area (Å²) in [6.45, 7) is 4.28. The van der Waals surface area contributed by atoms with Crippen molar-refractivity contribution in [2.24, 2.45) is 5.92 Å². The molecule has 0 spiro atoms. The van der Waals surface area contributed by atoms with Gasteiger partial charge in [-0.25, -0.2) is 0 Å². The SMILES string of the molecule is CC(C)Cc1ccc(-c2nnc(N)s2)cc1C#N. The molecule has 0 aliphatic rings. The Balaban J connectivity index is 2.39. The van der Waals surface area contributed by atoms with Crippen LogP contribution in [-0.4, -0.2) is 10.2 Å². The van der Waals surface area contributed by atoms with Crippen LogP contribution in [0.15, 0.2) is 18.2 Å². The van der Waals surface area contributed by atoms with Crippen molar-refractivity contribution in [3.8, 4) is 16.6 Å². The van der Waals surface area contributed by atoms with Crippen LogP contribution in [0, 0.1) is 17.2 Å². The molecule has 4 nitrogen and oxygen atoms in total. The van der Waals surface area contributed by atoms with Crippen molar-refractivity contribution in [2.75, 3.05) is 5.73 Å². The van der Waals surface area contributed by atoms with E-state index in [-0.39, 0.29) is 0 Å². The van der Waals surface area contributed by atoms with E-state index in [0.717, 1.165) is 22.6 Å². The molecule has 0 saturated heterocycles. The van der Waals surface area contributed by atoms with Gasteiger partial charge >= 0.3 is 0 Å². The molecule has 0 bridgehead atoms. The van der Waals surface area contributed by atoms with Crippen molar-refractivity contribution < 1.29 is 0 Å². The van der Waals surface area contributed by atoms with Gasteiger partial charge in [0.05, 0.1) is 11.6 Å². The van der Waals surface area contributed by atoms with Crippen LogP contribution in [0.25, 0.3) is 10.6 Å². The third-order valence-electron chi connectivity index (χ3n) is 2.55. The molecule has 0 amide bonds. The van der Waals surface area contributed by atoms with Crippen LogP contribution in [0.2, 0.25) is 0 Å². The number of hydrogen-bond acceptors (Lipinski definition) is 5. The second-order valence-electron chi connectivity index (χ2n) is 4.53. The summed E-state index contributed by atoms with van der Waals surface area (Å²) in [4.78, 5) is 0. The first-order chi connectivity index (χ1) is 8.60. The molecule has 2 aromatic rings. The Bertz CT molecular complexity index is 595. The van der Waals surface area contributed by atoms with Crippen LogP contribution in [0.5, 0.6) is 0 Å². The maximum absolute atomic E-state index is 9.20. The van der Waals surface area contributed by atoms with Crippen LogP contribution in [0.1, 0.15) is 25.0 Å². The molecule has 0 radical (unpaired) electrons. The molecular formula is C13H14N4S. The highest BCUT2D eigenvalue weighted by Gasteiger charge is 2.09. The van der Waals surface area contributed by atoms with Gasteiger partial charge in [0, 0.05) is 5.56 Å². The van der Waals surface area contributed by atoms with E-state index in [2.05, 4.69) is 30.1 Å². The molecule has 0 atom stereocenters. The van der Waals surface area contributed by atoms with Crippen molar-refractivity contribution in [2.45, 2.75) is 20.3 Å². The number of rotatable bonds is 3. The molecule has 0 saturated carbocycles. The maximum Gasteiger partial charge on any atom is 0.203 e. The summed E-state index contributed by atoms with van der Waals surface area (Å²) in [6, 6.07) is 8.06. The molecule has 2 rings (SSSR count). The molecule has 0 unspecified atom stereocenters. The van der Waals surface area contributed by atoms with E-state index in [9.17, 15) is 5.26 Å². The van der Waals surface area contributed by atoms with Crippen molar-refractivity contribution in [3.63, 3.8) is 0 Å². The van der Waals surface area contributed by atoms with Crippen molar-refractivity contribution >= 4 is 16.5 Å². The van der Waals surface area contributed by atoms with Gasteiger partial charge in [0.25, 0.3) is 0 Å². The third-order valence-corrected chi connectivity index (χ3v) is 3.35. The van der Waals surface area contributed by atoms with Crippen molar-refractivity contribution in [1.82, 2.24) is 10.2 Å². The lowest BCUT2D eigenvalue weighted by Crippen LogP contribution is -1.97. The number of aromatic nitrogens is 2. The van der Waals surface area contributed by atoms with E-state index in [1.807, 2.05) is 18.2 Å². The zero-order chi connectivity index (χ0) is 13.1. The molecule has 92 valence electrons. The lowest BCUT2D eigenvalue weighted by molar-refractivity contribution is 0.646. The molecule has 5 heteroatoms. The number of nitrogens with two attached hydrogens (primary N) is 1. The lowest BCUT2D eigenvalue weighted by atomic mass is 9.97. The fourth-order valence-electron chi connectivity index (χ4n) is 1.78. The topological polar surface area (TPSA) is 75.6 Å². The minimum Gasteiger partial charge on any atom is -0.374 e. The number of anilines is 1. The highest BCUT2D eigenvalue weighted by Crippen LogP contribution is 2.27. The predicted molar refractivity (Wildman–Crippen MR) is 73.0 cm³/mol. The summed E-state index contributed by atoms with van der Waals surface area (Å²) in [6.07, 6.45) is 0.904. The molecular weight excluding hydrogens is 244 g/mol. The highest BCUT2D eigenvalue weighted by atomic mass is 32.1. The lowest BCUT2D eigenvalue weighted by Gasteiger charge is -2.07. The first-order valence-electron chi connectivity index (χ1n) is 5.72. The number of nitriles is 1. The second-order valence-corrected chi connectivity index (χ2v) is 5.54. The van der Waals surface area contributed by atoms with E-state index in [4.69, 9.17) is 5.73 Å². The number of hydrogen-bond donors (Lipinski definition) is 1.